The lowest BCUT2D eigenvalue weighted by Gasteiger charge is -2.20. The number of rotatable bonds is 4. The number of nitrogens with one attached hydrogen (secondary N) is 1. The monoisotopic (exact) mass is 463 g/mol. The number of benzene rings is 2. The molecule has 0 atom stereocenters. The van der Waals surface area contributed by atoms with Crippen molar-refractivity contribution in [2.24, 2.45) is 0 Å². The van der Waals surface area contributed by atoms with Crippen molar-refractivity contribution in [3.05, 3.63) is 77.4 Å². The molecule has 0 fully saturated rings. The van der Waals surface area contributed by atoms with E-state index in [1.165, 1.54) is 16.8 Å². The summed E-state index contributed by atoms with van der Waals surface area (Å²) in [6, 6.07) is 14.4. The van der Waals surface area contributed by atoms with E-state index >= 15 is 0 Å². The molecule has 168 valence electrons. The molecule has 9 heteroatoms. The lowest BCUT2D eigenvalue weighted by molar-refractivity contribution is 0.519. The summed E-state index contributed by atoms with van der Waals surface area (Å²) in [5, 5.41) is 14.5. The summed E-state index contributed by atoms with van der Waals surface area (Å²) in [6.45, 7) is 7.30. The van der Waals surface area contributed by atoms with Gasteiger partial charge in [0.1, 0.15) is 17.7 Å². The van der Waals surface area contributed by atoms with Crippen molar-refractivity contribution < 1.29 is 12.8 Å². The lowest BCUT2D eigenvalue weighted by atomic mass is 9.87. The molecular formula is C24H22FN5O2S. The van der Waals surface area contributed by atoms with Crippen LogP contribution >= 0.6 is 0 Å². The van der Waals surface area contributed by atoms with Crippen molar-refractivity contribution in [3.63, 3.8) is 0 Å². The fraction of sp³-hybridized carbons (Fsp3) is 0.208. The van der Waals surface area contributed by atoms with E-state index in [9.17, 15) is 18.1 Å². The van der Waals surface area contributed by atoms with Gasteiger partial charge in [-0.15, -0.1) is 0 Å². The molecule has 0 saturated carbocycles. The van der Waals surface area contributed by atoms with Crippen LogP contribution in [0.3, 0.4) is 0 Å². The van der Waals surface area contributed by atoms with E-state index in [0.717, 1.165) is 6.07 Å². The molecule has 33 heavy (non-hydrogen) atoms. The standard InChI is InChI=1S/C24H22FN5O2S/c1-15-12-22(29-33(31,32)17-8-9-19(20(25)13-17)24(2,3)4)30(28-15)21-10-7-16(14-26)23-18(21)6-5-11-27-23/h5-13,29H,1-4H3. The van der Waals surface area contributed by atoms with Crippen molar-refractivity contribution in [1.82, 2.24) is 14.8 Å². The van der Waals surface area contributed by atoms with Gasteiger partial charge in [0.25, 0.3) is 10.0 Å². The van der Waals surface area contributed by atoms with Crippen molar-refractivity contribution >= 4 is 26.7 Å². The predicted octanol–water partition coefficient (Wildman–Crippen LogP) is 4.84. The predicted molar refractivity (Wildman–Crippen MR) is 124 cm³/mol. The van der Waals surface area contributed by atoms with E-state index in [-0.39, 0.29) is 10.7 Å². The minimum Gasteiger partial charge on any atom is -0.263 e. The number of hydrogen-bond acceptors (Lipinski definition) is 5. The maximum atomic E-state index is 14.7. The Balaban J connectivity index is 1.79. The van der Waals surface area contributed by atoms with E-state index < -0.39 is 21.3 Å². The van der Waals surface area contributed by atoms with E-state index in [2.05, 4.69) is 20.9 Å². The second-order valence-corrected chi connectivity index (χ2v) is 10.4. The highest BCUT2D eigenvalue weighted by molar-refractivity contribution is 7.92. The maximum Gasteiger partial charge on any atom is 0.263 e. The highest BCUT2D eigenvalue weighted by atomic mass is 32.2. The Morgan fingerprint density at radius 3 is 2.55 bits per heavy atom. The zero-order valence-electron chi connectivity index (χ0n) is 18.6. The first-order chi connectivity index (χ1) is 15.5. The van der Waals surface area contributed by atoms with Crippen LogP contribution in [0.25, 0.3) is 16.6 Å². The number of aryl methyl sites for hydroxylation is 1. The van der Waals surface area contributed by atoms with E-state index in [0.29, 0.717) is 33.4 Å². The molecule has 0 saturated heterocycles. The lowest BCUT2D eigenvalue weighted by Crippen LogP contribution is -2.18. The van der Waals surface area contributed by atoms with Crippen LogP contribution in [-0.2, 0) is 15.4 Å². The molecule has 0 bridgehead atoms. The second kappa shape index (κ2) is 7.98. The highest BCUT2D eigenvalue weighted by Crippen LogP contribution is 2.30. The van der Waals surface area contributed by atoms with E-state index in [1.807, 2.05) is 20.8 Å². The SMILES string of the molecule is Cc1cc(NS(=O)(=O)c2ccc(C(C)(C)C)c(F)c2)n(-c2ccc(C#N)c3ncccc23)n1. The summed E-state index contributed by atoms with van der Waals surface area (Å²) in [5.74, 6) is -0.401. The smallest absolute Gasteiger partial charge is 0.263 e. The van der Waals surface area contributed by atoms with Crippen molar-refractivity contribution in [1.29, 1.82) is 5.26 Å². The van der Waals surface area contributed by atoms with Gasteiger partial charge < -0.3 is 0 Å². The normalized spacial score (nSPS) is 12.0. The topological polar surface area (TPSA) is 101 Å². The highest BCUT2D eigenvalue weighted by Gasteiger charge is 2.24. The molecular weight excluding hydrogens is 441 g/mol. The third kappa shape index (κ3) is 4.17. The molecule has 1 N–H and O–H groups in total. The number of fused-ring (bicyclic) bond motifs is 1. The van der Waals surface area contributed by atoms with Gasteiger partial charge >= 0.3 is 0 Å². The van der Waals surface area contributed by atoms with Crippen LogP contribution in [-0.4, -0.2) is 23.2 Å². The average molecular weight is 464 g/mol. The third-order valence-electron chi connectivity index (χ3n) is 5.22. The number of sulfonamides is 1. The Labute approximate surface area is 191 Å². The van der Waals surface area contributed by atoms with Gasteiger partial charge in [-0.25, -0.2) is 17.5 Å². The van der Waals surface area contributed by atoms with Crippen LogP contribution in [0, 0.1) is 24.1 Å². The van der Waals surface area contributed by atoms with Crippen molar-refractivity contribution in [2.45, 2.75) is 38.0 Å². The zero-order valence-corrected chi connectivity index (χ0v) is 19.4. The summed E-state index contributed by atoms with van der Waals surface area (Å²) in [7, 11) is -4.10. The minimum atomic E-state index is -4.10. The fourth-order valence-electron chi connectivity index (χ4n) is 3.66. The molecule has 4 rings (SSSR count). The largest absolute Gasteiger partial charge is 0.263 e. The number of halogens is 1. The Morgan fingerprint density at radius 1 is 1.12 bits per heavy atom. The summed E-state index contributed by atoms with van der Waals surface area (Å²) < 4.78 is 44.8. The van der Waals surface area contributed by atoms with Gasteiger partial charge in [0.2, 0.25) is 0 Å². The Kier molecular flexibility index (Phi) is 5.42. The summed E-state index contributed by atoms with van der Waals surface area (Å²) in [5.41, 5.74) is 1.98. The van der Waals surface area contributed by atoms with E-state index in [1.54, 1.807) is 43.5 Å². The van der Waals surface area contributed by atoms with Gasteiger partial charge in [-0.3, -0.25) is 9.71 Å². The molecule has 0 unspecified atom stereocenters. The first-order valence-electron chi connectivity index (χ1n) is 10.2. The van der Waals surface area contributed by atoms with Gasteiger partial charge in [0.15, 0.2) is 0 Å². The number of aromatic nitrogens is 3. The molecule has 0 aliphatic heterocycles. The first kappa shape index (κ1) is 22.4. The summed E-state index contributed by atoms with van der Waals surface area (Å²) in [6.07, 6.45) is 1.58. The number of hydrogen-bond donors (Lipinski definition) is 1. The second-order valence-electron chi connectivity index (χ2n) is 8.72. The zero-order chi connectivity index (χ0) is 24.0. The summed E-state index contributed by atoms with van der Waals surface area (Å²) >= 11 is 0. The van der Waals surface area contributed by atoms with Crippen LogP contribution in [0.2, 0.25) is 0 Å². The van der Waals surface area contributed by atoms with Crippen molar-refractivity contribution in [2.75, 3.05) is 4.72 Å². The third-order valence-corrected chi connectivity index (χ3v) is 6.58. The molecule has 0 amide bonds. The van der Waals surface area contributed by atoms with Crippen LogP contribution in [0.5, 0.6) is 0 Å². The molecule has 0 spiro atoms. The molecule has 0 radical (unpaired) electrons. The Hall–Kier alpha value is -3.77. The average Bonchev–Trinajstić information content (AvgIpc) is 3.10. The van der Waals surface area contributed by atoms with Gasteiger partial charge in [-0.1, -0.05) is 26.8 Å². The Bertz CT molecular complexity index is 1530. The van der Waals surface area contributed by atoms with E-state index in [4.69, 9.17) is 0 Å². The van der Waals surface area contributed by atoms with Crippen molar-refractivity contribution in [3.8, 4) is 11.8 Å². The number of nitrogens with zero attached hydrogens (tertiary/aromatic N) is 4. The number of pyridine rings is 1. The van der Waals surface area contributed by atoms with Gasteiger partial charge in [0, 0.05) is 17.6 Å². The quantitative estimate of drug-likeness (QED) is 0.467. The van der Waals surface area contributed by atoms with Gasteiger partial charge in [-0.2, -0.15) is 10.4 Å². The Morgan fingerprint density at radius 2 is 1.88 bits per heavy atom. The molecule has 2 aromatic heterocycles. The van der Waals surface area contributed by atoms with Gasteiger partial charge in [-0.05, 0) is 54.3 Å². The van der Waals surface area contributed by atoms with Gasteiger partial charge in [0.05, 0.1) is 27.4 Å². The first-order valence-corrected chi connectivity index (χ1v) is 11.7. The molecule has 7 nitrogen and oxygen atoms in total. The summed E-state index contributed by atoms with van der Waals surface area (Å²) in [4.78, 5) is 4.10. The van der Waals surface area contributed by atoms with Crippen LogP contribution < -0.4 is 4.72 Å². The number of nitriles is 1. The maximum absolute atomic E-state index is 14.7. The molecule has 2 heterocycles. The number of anilines is 1. The molecule has 0 aliphatic carbocycles. The van der Waals surface area contributed by atoms with Crippen LogP contribution in [0.1, 0.15) is 37.6 Å². The van der Waals surface area contributed by atoms with Crippen LogP contribution in [0.15, 0.2) is 59.6 Å². The molecule has 0 aliphatic rings. The fourth-order valence-corrected chi connectivity index (χ4v) is 4.70. The molecule has 4 aromatic rings. The minimum absolute atomic E-state index is 0.183. The van der Waals surface area contributed by atoms with Crippen LogP contribution in [0.4, 0.5) is 10.2 Å². The molecule has 2 aromatic carbocycles.